The number of hydrogen-bond acceptors (Lipinski definition) is 3. The van der Waals surface area contributed by atoms with Gasteiger partial charge in [0.15, 0.2) is 0 Å². The fraction of sp³-hybridized carbons (Fsp3) is 0.222. The molecule has 1 rings (SSSR count). The van der Waals surface area contributed by atoms with Crippen LogP contribution >= 0.6 is 0 Å². The summed E-state index contributed by atoms with van der Waals surface area (Å²) in [6, 6.07) is 3.33. The second-order valence-electron chi connectivity index (χ2n) is 2.50. The molecule has 0 N–H and O–H groups in total. The molecule has 0 amide bonds. The number of carbonyl (C=O) groups is 2. The minimum atomic E-state index is -0.631. The summed E-state index contributed by atoms with van der Waals surface area (Å²) >= 11 is 0. The van der Waals surface area contributed by atoms with Crippen LogP contribution in [-0.4, -0.2) is 17.1 Å². The lowest BCUT2D eigenvalue weighted by Gasteiger charge is -2.04. The van der Waals surface area contributed by atoms with Crippen LogP contribution < -0.4 is 0 Å². The maximum absolute atomic E-state index is 10.9. The van der Waals surface area contributed by atoms with Crippen molar-refractivity contribution in [3.63, 3.8) is 0 Å². The van der Waals surface area contributed by atoms with Gasteiger partial charge in [-0.05, 0) is 24.6 Å². The molecule has 1 aromatic heterocycles. The first-order valence-electron chi connectivity index (χ1n) is 3.61. The van der Waals surface area contributed by atoms with Crippen molar-refractivity contribution in [2.24, 2.45) is 0 Å². The van der Waals surface area contributed by atoms with Crippen molar-refractivity contribution in [1.82, 2.24) is 4.98 Å². The van der Waals surface area contributed by atoms with Gasteiger partial charge in [0.1, 0.15) is 12.1 Å². The largest absolute Gasteiger partial charge is 0.302 e. The first-order valence-corrected chi connectivity index (χ1v) is 3.61. The predicted molar refractivity (Wildman–Crippen MR) is 43.7 cm³/mol. The molecular formula is C9H9NO2. The Balaban J connectivity index is 2.95. The number of aldehydes is 1. The minimum Gasteiger partial charge on any atom is -0.302 e. The summed E-state index contributed by atoms with van der Waals surface area (Å²) in [5.74, 6) is -0.774. The van der Waals surface area contributed by atoms with Gasteiger partial charge >= 0.3 is 0 Å². The fourth-order valence-electron chi connectivity index (χ4n) is 0.980. The Morgan fingerprint density at radius 3 is 2.50 bits per heavy atom. The van der Waals surface area contributed by atoms with Crippen molar-refractivity contribution in [2.45, 2.75) is 12.8 Å². The van der Waals surface area contributed by atoms with Crippen LogP contribution in [-0.2, 0) is 9.59 Å². The highest BCUT2D eigenvalue weighted by Gasteiger charge is 2.14. The average molecular weight is 163 g/mol. The molecule has 1 unspecified atom stereocenters. The van der Waals surface area contributed by atoms with Crippen LogP contribution in [0.3, 0.4) is 0 Å². The van der Waals surface area contributed by atoms with Crippen LogP contribution in [0.15, 0.2) is 24.5 Å². The summed E-state index contributed by atoms with van der Waals surface area (Å²) in [6.45, 7) is 1.40. The van der Waals surface area contributed by atoms with E-state index >= 15 is 0 Å². The zero-order chi connectivity index (χ0) is 8.97. The molecule has 0 aliphatic heterocycles. The van der Waals surface area contributed by atoms with Gasteiger partial charge in [0.05, 0.1) is 5.92 Å². The summed E-state index contributed by atoms with van der Waals surface area (Å²) in [7, 11) is 0. The van der Waals surface area contributed by atoms with Crippen LogP contribution in [0, 0.1) is 0 Å². The molecule has 1 atom stereocenters. The van der Waals surface area contributed by atoms with E-state index in [1.54, 1.807) is 24.5 Å². The van der Waals surface area contributed by atoms with E-state index in [1.807, 2.05) is 0 Å². The van der Waals surface area contributed by atoms with Gasteiger partial charge in [-0.1, -0.05) is 0 Å². The molecular weight excluding hydrogens is 154 g/mol. The average Bonchev–Trinajstić information content (AvgIpc) is 2.07. The molecule has 62 valence electrons. The minimum absolute atomic E-state index is 0.142. The molecule has 0 spiro atoms. The molecule has 0 radical (unpaired) electrons. The summed E-state index contributed by atoms with van der Waals surface area (Å²) < 4.78 is 0. The number of rotatable bonds is 3. The first-order chi connectivity index (χ1) is 5.75. The topological polar surface area (TPSA) is 47.0 Å². The lowest BCUT2D eigenvalue weighted by Crippen LogP contribution is -2.09. The second kappa shape index (κ2) is 3.76. The van der Waals surface area contributed by atoms with Gasteiger partial charge < -0.3 is 4.79 Å². The molecule has 0 fully saturated rings. The smallest absolute Gasteiger partial charge is 0.144 e. The summed E-state index contributed by atoms with van der Waals surface area (Å²) in [5.41, 5.74) is 0.701. The number of hydrogen-bond donors (Lipinski definition) is 0. The Hall–Kier alpha value is -1.51. The predicted octanol–water partition coefficient (Wildman–Crippen LogP) is 0.953. The van der Waals surface area contributed by atoms with Crippen molar-refractivity contribution < 1.29 is 9.59 Å². The van der Waals surface area contributed by atoms with Crippen LogP contribution in [0.25, 0.3) is 0 Å². The summed E-state index contributed by atoms with van der Waals surface area (Å²) in [6.07, 6.45) is 3.78. The van der Waals surface area contributed by atoms with E-state index in [9.17, 15) is 9.59 Å². The zero-order valence-electron chi connectivity index (χ0n) is 6.73. The third-order valence-corrected chi connectivity index (χ3v) is 1.64. The third-order valence-electron chi connectivity index (χ3n) is 1.64. The quantitative estimate of drug-likeness (QED) is 0.492. The van der Waals surface area contributed by atoms with Gasteiger partial charge in [0.2, 0.25) is 0 Å². The number of ketones is 1. The number of pyridine rings is 1. The van der Waals surface area contributed by atoms with E-state index in [1.165, 1.54) is 6.92 Å². The Morgan fingerprint density at radius 1 is 1.50 bits per heavy atom. The highest BCUT2D eigenvalue weighted by Crippen LogP contribution is 2.12. The number of aromatic nitrogens is 1. The first kappa shape index (κ1) is 8.59. The van der Waals surface area contributed by atoms with Crippen molar-refractivity contribution in [3.8, 4) is 0 Å². The number of nitrogens with zero attached hydrogens (tertiary/aromatic N) is 1. The molecule has 12 heavy (non-hydrogen) atoms. The molecule has 1 aromatic rings. The Labute approximate surface area is 70.4 Å². The molecule has 0 saturated heterocycles. The van der Waals surface area contributed by atoms with E-state index in [0.29, 0.717) is 11.8 Å². The Morgan fingerprint density at radius 2 is 2.08 bits per heavy atom. The van der Waals surface area contributed by atoms with Crippen LogP contribution in [0.2, 0.25) is 0 Å². The molecule has 0 aliphatic rings. The molecule has 3 heteroatoms. The van der Waals surface area contributed by atoms with Gasteiger partial charge in [-0.15, -0.1) is 0 Å². The Kier molecular flexibility index (Phi) is 2.69. The normalized spacial score (nSPS) is 12.1. The van der Waals surface area contributed by atoms with Gasteiger partial charge in [-0.25, -0.2) is 0 Å². The molecule has 3 nitrogen and oxygen atoms in total. The third kappa shape index (κ3) is 1.75. The van der Waals surface area contributed by atoms with Crippen LogP contribution in [0.5, 0.6) is 0 Å². The van der Waals surface area contributed by atoms with E-state index in [0.717, 1.165) is 0 Å². The SMILES string of the molecule is CC(=O)C(C=O)c1ccncc1. The highest BCUT2D eigenvalue weighted by molar-refractivity contribution is 5.97. The number of carbonyl (C=O) groups excluding carboxylic acids is 2. The molecule has 0 aromatic carbocycles. The maximum Gasteiger partial charge on any atom is 0.144 e. The van der Waals surface area contributed by atoms with Gasteiger partial charge in [0.25, 0.3) is 0 Å². The van der Waals surface area contributed by atoms with Gasteiger partial charge in [-0.3, -0.25) is 9.78 Å². The van der Waals surface area contributed by atoms with Gasteiger partial charge in [0, 0.05) is 12.4 Å². The van der Waals surface area contributed by atoms with Crippen molar-refractivity contribution in [3.05, 3.63) is 30.1 Å². The van der Waals surface area contributed by atoms with E-state index in [4.69, 9.17) is 0 Å². The lowest BCUT2D eigenvalue weighted by molar-refractivity contribution is -0.122. The standard InChI is InChI=1S/C9H9NO2/c1-7(12)9(6-11)8-2-4-10-5-3-8/h2-6,9H,1H3. The zero-order valence-corrected chi connectivity index (χ0v) is 6.73. The molecule has 0 aliphatic carbocycles. The van der Waals surface area contributed by atoms with Crippen molar-refractivity contribution in [1.29, 1.82) is 0 Å². The van der Waals surface area contributed by atoms with Crippen molar-refractivity contribution in [2.75, 3.05) is 0 Å². The molecule has 0 bridgehead atoms. The molecule has 0 saturated carbocycles. The highest BCUT2D eigenvalue weighted by atomic mass is 16.1. The fourth-order valence-corrected chi connectivity index (χ4v) is 0.980. The van der Waals surface area contributed by atoms with Gasteiger partial charge in [-0.2, -0.15) is 0 Å². The van der Waals surface area contributed by atoms with E-state index in [2.05, 4.69) is 4.98 Å². The lowest BCUT2D eigenvalue weighted by atomic mass is 9.98. The summed E-state index contributed by atoms with van der Waals surface area (Å²) in [4.78, 5) is 25.2. The second-order valence-corrected chi connectivity index (χ2v) is 2.50. The van der Waals surface area contributed by atoms with Crippen LogP contribution in [0.4, 0.5) is 0 Å². The van der Waals surface area contributed by atoms with E-state index < -0.39 is 5.92 Å². The summed E-state index contributed by atoms with van der Waals surface area (Å²) in [5, 5.41) is 0. The van der Waals surface area contributed by atoms with E-state index in [-0.39, 0.29) is 5.78 Å². The Bertz CT molecular complexity index is 282. The van der Waals surface area contributed by atoms with Crippen LogP contribution in [0.1, 0.15) is 18.4 Å². The molecule has 1 heterocycles. The van der Waals surface area contributed by atoms with Crippen molar-refractivity contribution >= 4 is 12.1 Å². The monoisotopic (exact) mass is 163 g/mol. The number of Topliss-reactive ketones (excluding diaryl/α,β-unsaturated/α-hetero) is 1. The maximum atomic E-state index is 10.9.